The highest BCUT2D eigenvalue weighted by molar-refractivity contribution is 8.04. The lowest BCUT2D eigenvalue weighted by molar-refractivity contribution is -0.132. The zero-order chi connectivity index (χ0) is 22.0. The van der Waals surface area contributed by atoms with Gasteiger partial charge in [0.25, 0.3) is 5.91 Å². The molecule has 4 rings (SSSR count). The number of nitrogens with zero attached hydrogens (tertiary/aromatic N) is 1. The number of nitrogens with one attached hydrogen (secondary N) is 1. The van der Waals surface area contributed by atoms with Gasteiger partial charge in [-0.1, -0.05) is 47.5 Å². The highest BCUT2D eigenvalue weighted by Crippen LogP contribution is 2.43. The molecule has 1 aliphatic carbocycles. The molecule has 2 fully saturated rings. The predicted octanol–water partition coefficient (Wildman–Crippen LogP) is 5.39. The molecule has 0 aromatic heterocycles. The van der Waals surface area contributed by atoms with Crippen molar-refractivity contribution in [3.8, 4) is 0 Å². The average molecular weight is 475 g/mol. The van der Waals surface area contributed by atoms with Gasteiger partial charge < -0.3 is 10.2 Å². The monoisotopic (exact) mass is 474 g/mol. The molecule has 2 amide bonds. The number of hydrogen-bond acceptors (Lipinski definition) is 3. The SMILES string of the molecule is CN1C(=O)/C(=C/c2cccc(Cl)c2)SC2CCC(C(=O)NCc3ccc(Cl)cc3)CC21. The van der Waals surface area contributed by atoms with E-state index in [0.29, 0.717) is 28.3 Å². The summed E-state index contributed by atoms with van der Waals surface area (Å²) in [4.78, 5) is 28.3. The van der Waals surface area contributed by atoms with Crippen molar-refractivity contribution in [2.24, 2.45) is 5.92 Å². The van der Waals surface area contributed by atoms with Gasteiger partial charge in [-0.15, -0.1) is 11.8 Å². The second kappa shape index (κ2) is 9.68. The van der Waals surface area contributed by atoms with Crippen LogP contribution in [0.4, 0.5) is 0 Å². The summed E-state index contributed by atoms with van der Waals surface area (Å²) in [6, 6.07) is 15.0. The Morgan fingerprint density at radius 2 is 1.94 bits per heavy atom. The largest absolute Gasteiger partial charge is 0.352 e. The second-order valence-corrected chi connectivity index (χ2v) is 10.2. The molecular formula is C24H24Cl2N2O2S. The first kappa shape index (κ1) is 22.3. The molecule has 1 N–H and O–H groups in total. The van der Waals surface area contributed by atoms with E-state index < -0.39 is 0 Å². The maximum absolute atomic E-state index is 13.0. The zero-order valence-corrected chi connectivity index (χ0v) is 19.5. The summed E-state index contributed by atoms with van der Waals surface area (Å²) in [5, 5.41) is 4.67. The Morgan fingerprint density at radius 3 is 2.68 bits per heavy atom. The third kappa shape index (κ3) is 5.28. The van der Waals surface area contributed by atoms with E-state index in [-0.39, 0.29) is 23.8 Å². The maximum Gasteiger partial charge on any atom is 0.260 e. The van der Waals surface area contributed by atoms with E-state index in [4.69, 9.17) is 23.2 Å². The Kier molecular flexibility index (Phi) is 6.95. The van der Waals surface area contributed by atoms with Gasteiger partial charge in [0.05, 0.1) is 4.91 Å². The summed E-state index contributed by atoms with van der Waals surface area (Å²) >= 11 is 13.6. The minimum absolute atomic E-state index is 0.00782. The topological polar surface area (TPSA) is 49.4 Å². The van der Waals surface area contributed by atoms with Crippen molar-refractivity contribution in [1.82, 2.24) is 10.2 Å². The van der Waals surface area contributed by atoms with E-state index in [1.807, 2.05) is 66.6 Å². The van der Waals surface area contributed by atoms with E-state index in [1.54, 1.807) is 11.8 Å². The van der Waals surface area contributed by atoms with Gasteiger partial charge in [-0.05, 0) is 60.7 Å². The first-order chi connectivity index (χ1) is 14.9. The molecule has 2 aliphatic rings. The quantitative estimate of drug-likeness (QED) is 0.603. The molecule has 1 heterocycles. The van der Waals surface area contributed by atoms with Gasteiger partial charge in [-0.3, -0.25) is 9.59 Å². The van der Waals surface area contributed by atoms with Gasteiger partial charge in [0.1, 0.15) is 0 Å². The number of likely N-dealkylation sites (N-methyl/N-ethyl adjacent to an activating group) is 1. The number of thioether (sulfide) groups is 1. The smallest absolute Gasteiger partial charge is 0.260 e. The molecule has 3 atom stereocenters. The van der Waals surface area contributed by atoms with Crippen molar-refractivity contribution in [2.45, 2.75) is 37.1 Å². The Morgan fingerprint density at radius 1 is 1.16 bits per heavy atom. The average Bonchev–Trinajstić information content (AvgIpc) is 2.76. The molecule has 31 heavy (non-hydrogen) atoms. The summed E-state index contributed by atoms with van der Waals surface area (Å²) in [7, 11) is 1.85. The first-order valence-corrected chi connectivity index (χ1v) is 12.0. The predicted molar refractivity (Wildman–Crippen MR) is 128 cm³/mol. The molecule has 0 bridgehead atoms. The van der Waals surface area contributed by atoms with Crippen molar-refractivity contribution >= 4 is 52.9 Å². The second-order valence-electron chi connectivity index (χ2n) is 8.06. The Labute approximate surface area is 197 Å². The number of benzene rings is 2. The Hall–Kier alpha value is -1.95. The molecule has 1 saturated carbocycles. The molecule has 0 radical (unpaired) electrons. The number of carbonyl (C=O) groups excluding carboxylic acids is 2. The third-order valence-electron chi connectivity index (χ3n) is 5.96. The third-order valence-corrected chi connectivity index (χ3v) is 7.85. The standard InChI is InChI=1S/C24H24Cl2N2O2S/c1-28-20-13-17(23(29)27-14-15-5-8-18(25)9-6-15)7-10-21(20)31-22(24(28)30)12-16-3-2-4-19(26)11-16/h2-6,8-9,11-12,17,20-21H,7,10,13-14H2,1H3,(H,27,29)/b22-12-. The van der Waals surface area contributed by atoms with Gasteiger partial charge in [-0.25, -0.2) is 0 Å². The summed E-state index contributed by atoms with van der Waals surface area (Å²) < 4.78 is 0. The fourth-order valence-electron chi connectivity index (χ4n) is 4.22. The van der Waals surface area contributed by atoms with Crippen LogP contribution in [0.15, 0.2) is 53.4 Å². The number of hydrogen-bond donors (Lipinski definition) is 1. The van der Waals surface area contributed by atoms with Gasteiger partial charge in [0, 0.05) is 40.8 Å². The first-order valence-electron chi connectivity index (χ1n) is 10.3. The summed E-state index contributed by atoms with van der Waals surface area (Å²) in [6.07, 6.45) is 4.33. The number of amides is 2. The van der Waals surface area contributed by atoms with Crippen molar-refractivity contribution < 1.29 is 9.59 Å². The number of rotatable bonds is 4. The minimum atomic E-state index is -0.0807. The van der Waals surface area contributed by atoms with Crippen LogP contribution in [0.3, 0.4) is 0 Å². The number of carbonyl (C=O) groups is 2. The van der Waals surface area contributed by atoms with Gasteiger partial charge >= 0.3 is 0 Å². The molecule has 2 aromatic rings. The lowest BCUT2D eigenvalue weighted by Crippen LogP contribution is -2.52. The Balaban J connectivity index is 1.39. The number of fused-ring (bicyclic) bond motifs is 1. The zero-order valence-electron chi connectivity index (χ0n) is 17.2. The van der Waals surface area contributed by atoms with Crippen LogP contribution in [-0.4, -0.2) is 35.1 Å². The van der Waals surface area contributed by atoms with Crippen LogP contribution in [0, 0.1) is 5.92 Å². The van der Waals surface area contributed by atoms with Crippen LogP contribution in [0.5, 0.6) is 0 Å². The summed E-state index contributed by atoms with van der Waals surface area (Å²) in [5.74, 6) is -0.0178. The minimum Gasteiger partial charge on any atom is -0.352 e. The maximum atomic E-state index is 13.0. The van der Waals surface area contributed by atoms with Gasteiger partial charge in [0.2, 0.25) is 5.91 Å². The van der Waals surface area contributed by atoms with Crippen LogP contribution in [0.1, 0.15) is 30.4 Å². The molecule has 1 aliphatic heterocycles. The molecule has 162 valence electrons. The fraction of sp³-hybridized carbons (Fsp3) is 0.333. The summed E-state index contributed by atoms with van der Waals surface area (Å²) in [6.45, 7) is 0.483. The van der Waals surface area contributed by atoms with E-state index in [1.165, 1.54) is 0 Å². The molecule has 1 saturated heterocycles. The molecule has 3 unspecified atom stereocenters. The lowest BCUT2D eigenvalue weighted by atomic mass is 9.83. The van der Waals surface area contributed by atoms with Crippen LogP contribution in [0.25, 0.3) is 6.08 Å². The number of halogens is 2. The summed E-state index contributed by atoms with van der Waals surface area (Å²) in [5.41, 5.74) is 1.94. The van der Waals surface area contributed by atoms with E-state index >= 15 is 0 Å². The van der Waals surface area contributed by atoms with Crippen LogP contribution in [-0.2, 0) is 16.1 Å². The van der Waals surface area contributed by atoms with Crippen LogP contribution < -0.4 is 5.32 Å². The fourth-order valence-corrected chi connectivity index (χ4v) is 6.02. The van der Waals surface area contributed by atoms with E-state index in [2.05, 4.69) is 5.32 Å². The van der Waals surface area contributed by atoms with Gasteiger partial charge in [0.15, 0.2) is 0 Å². The normalized spacial score (nSPS) is 24.7. The Bertz CT molecular complexity index is 1010. The van der Waals surface area contributed by atoms with Gasteiger partial charge in [-0.2, -0.15) is 0 Å². The van der Waals surface area contributed by atoms with Crippen LogP contribution in [0.2, 0.25) is 10.0 Å². The molecule has 7 heteroatoms. The lowest BCUT2D eigenvalue weighted by Gasteiger charge is -2.44. The van der Waals surface area contributed by atoms with Crippen LogP contribution >= 0.6 is 35.0 Å². The molecule has 4 nitrogen and oxygen atoms in total. The highest BCUT2D eigenvalue weighted by atomic mass is 35.5. The van der Waals surface area contributed by atoms with Crippen molar-refractivity contribution in [1.29, 1.82) is 0 Å². The molecular weight excluding hydrogens is 451 g/mol. The van der Waals surface area contributed by atoms with Crippen molar-refractivity contribution in [2.75, 3.05) is 7.05 Å². The molecule has 2 aromatic carbocycles. The highest BCUT2D eigenvalue weighted by Gasteiger charge is 2.42. The van der Waals surface area contributed by atoms with Crippen molar-refractivity contribution in [3.63, 3.8) is 0 Å². The van der Waals surface area contributed by atoms with E-state index in [9.17, 15) is 9.59 Å². The molecule has 0 spiro atoms. The van der Waals surface area contributed by atoms with E-state index in [0.717, 1.165) is 28.9 Å². The van der Waals surface area contributed by atoms with Crippen molar-refractivity contribution in [3.05, 3.63) is 74.6 Å².